The first kappa shape index (κ1) is 17.8. The number of rotatable bonds is 9. The Hall–Kier alpha value is -2.50. The second-order valence-corrected chi connectivity index (χ2v) is 6.02. The van der Waals surface area contributed by atoms with Gasteiger partial charge in [0.05, 0.1) is 5.92 Å². The second kappa shape index (κ2) is 8.96. The SMILES string of the molecule is CCCCC(Cc1ccc(Nc2ncncn2)cc1)C(C)C(=O)O. The first-order valence-corrected chi connectivity index (χ1v) is 8.31. The van der Waals surface area contributed by atoms with Gasteiger partial charge in [0.2, 0.25) is 5.95 Å². The molecule has 6 nitrogen and oxygen atoms in total. The molecule has 0 saturated carbocycles. The van der Waals surface area contributed by atoms with Crippen molar-refractivity contribution in [2.24, 2.45) is 11.8 Å². The lowest BCUT2D eigenvalue weighted by Crippen LogP contribution is -2.22. The zero-order chi connectivity index (χ0) is 17.4. The van der Waals surface area contributed by atoms with E-state index in [9.17, 15) is 9.90 Å². The third-order valence-electron chi connectivity index (χ3n) is 4.23. The van der Waals surface area contributed by atoms with Crippen molar-refractivity contribution in [3.63, 3.8) is 0 Å². The lowest BCUT2D eigenvalue weighted by Gasteiger charge is -2.21. The van der Waals surface area contributed by atoms with Gasteiger partial charge in [-0.15, -0.1) is 0 Å². The van der Waals surface area contributed by atoms with Gasteiger partial charge in [-0.1, -0.05) is 38.8 Å². The number of anilines is 2. The molecule has 0 aliphatic carbocycles. The molecular weight excluding hydrogens is 304 g/mol. The molecule has 0 radical (unpaired) electrons. The summed E-state index contributed by atoms with van der Waals surface area (Å²) in [6, 6.07) is 7.97. The largest absolute Gasteiger partial charge is 0.481 e. The number of nitrogens with one attached hydrogen (secondary N) is 1. The van der Waals surface area contributed by atoms with Gasteiger partial charge in [0.25, 0.3) is 0 Å². The maximum absolute atomic E-state index is 11.3. The molecule has 0 spiro atoms. The van der Waals surface area contributed by atoms with Crippen LogP contribution in [0.3, 0.4) is 0 Å². The summed E-state index contributed by atoms with van der Waals surface area (Å²) in [5.41, 5.74) is 2.03. The van der Waals surface area contributed by atoms with Crippen LogP contribution in [0.25, 0.3) is 0 Å². The van der Waals surface area contributed by atoms with Gasteiger partial charge < -0.3 is 10.4 Å². The van der Waals surface area contributed by atoms with Crippen LogP contribution < -0.4 is 5.32 Å². The molecule has 128 valence electrons. The molecule has 2 N–H and O–H groups in total. The molecule has 2 unspecified atom stereocenters. The van der Waals surface area contributed by atoms with E-state index in [2.05, 4.69) is 27.2 Å². The first-order chi connectivity index (χ1) is 11.6. The maximum Gasteiger partial charge on any atom is 0.306 e. The van der Waals surface area contributed by atoms with Crippen molar-refractivity contribution in [3.8, 4) is 0 Å². The number of benzene rings is 1. The van der Waals surface area contributed by atoms with Crippen LogP contribution in [0.2, 0.25) is 0 Å². The summed E-state index contributed by atoms with van der Waals surface area (Å²) >= 11 is 0. The van der Waals surface area contributed by atoms with Gasteiger partial charge in [-0.05, 0) is 36.5 Å². The van der Waals surface area contributed by atoms with Crippen molar-refractivity contribution in [1.82, 2.24) is 15.0 Å². The zero-order valence-corrected chi connectivity index (χ0v) is 14.1. The third kappa shape index (κ3) is 5.30. The minimum Gasteiger partial charge on any atom is -0.481 e. The lowest BCUT2D eigenvalue weighted by atomic mass is 9.84. The van der Waals surface area contributed by atoms with Crippen LogP contribution >= 0.6 is 0 Å². The van der Waals surface area contributed by atoms with E-state index in [1.807, 2.05) is 24.3 Å². The summed E-state index contributed by atoms with van der Waals surface area (Å²) in [7, 11) is 0. The molecule has 2 rings (SSSR count). The molecule has 0 amide bonds. The van der Waals surface area contributed by atoms with Crippen LogP contribution in [0.4, 0.5) is 11.6 Å². The van der Waals surface area contributed by atoms with E-state index in [4.69, 9.17) is 0 Å². The summed E-state index contributed by atoms with van der Waals surface area (Å²) < 4.78 is 0. The Morgan fingerprint density at radius 1 is 1.21 bits per heavy atom. The fourth-order valence-electron chi connectivity index (χ4n) is 2.66. The van der Waals surface area contributed by atoms with E-state index in [0.29, 0.717) is 5.95 Å². The number of carbonyl (C=O) groups is 1. The molecule has 24 heavy (non-hydrogen) atoms. The van der Waals surface area contributed by atoms with E-state index >= 15 is 0 Å². The van der Waals surface area contributed by atoms with E-state index in [1.165, 1.54) is 12.7 Å². The Morgan fingerprint density at radius 2 is 1.88 bits per heavy atom. The number of carboxylic acids is 1. The van der Waals surface area contributed by atoms with Crippen molar-refractivity contribution in [2.45, 2.75) is 39.5 Å². The fraction of sp³-hybridized carbons (Fsp3) is 0.444. The van der Waals surface area contributed by atoms with Crippen LogP contribution in [0.1, 0.15) is 38.7 Å². The smallest absolute Gasteiger partial charge is 0.306 e. The average molecular weight is 328 g/mol. The van der Waals surface area contributed by atoms with Crippen molar-refractivity contribution in [3.05, 3.63) is 42.5 Å². The van der Waals surface area contributed by atoms with Crippen molar-refractivity contribution in [2.75, 3.05) is 5.32 Å². The Kier molecular flexibility index (Phi) is 6.66. The Bertz CT molecular complexity index is 631. The number of carboxylic acid groups (broad SMARTS) is 1. The van der Waals surface area contributed by atoms with Gasteiger partial charge in [0.1, 0.15) is 12.7 Å². The number of aliphatic carboxylic acids is 1. The minimum atomic E-state index is -0.718. The van der Waals surface area contributed by atoms with E-state index in [0.717, 1.165) is 36.9 Å². The Morgan fingerprint density at radius 3 is 2.46 bits per heavy atom. The quantitative estimate of drug-likeness (QED) is 0.730. The third-order valence-corrected chi connectivity index (χ3v) is 4.23. The standard InChI is InChI=1S/C18H24N4O2/c1-3-4-5-15(13(2)17(23)24)10-14-6-8-16(9-7-14)22-18-20-11-19-12-21-18/h6-9,11-13,15H,3-5,10H2,1-2H3,(H,23,24)(H,19,20,21,22). The number of unbranched alkanes of at least 4 members (excludes halogenated alkanes) is 1. The fourth-order valence-corrected chi connectivity index (χ4v) is 2.66. The Balaban J connectivity index is 2.01. The molecule has 1 heterocycles. The van der Waals surface area contributed by atoms with Crippen LogP contribution in [-0.4, -0.2) is 26.0 Å². The second-order valence-electron chi connectivity index (χ2n) is 6.02. The van der Waals surface area contributed by atoms with E-state index in [1.54, 1.807) is 6.92 Å². The van der Waals surface area contributed by atoms with E-state index in [-0.39, 0.29) is 11.8 Å². The maximum atomic E-state index is 11.3. The first-order valence-electron chi connectivity index (χ1n) is 8.31. The molecule has 1 aromatic heterocycles. The van der Waals surface area contributed by atoms with Crippen LogP contribution in [0.5, 0.6) is 0 Å². The molecule has 0 bridgehead atoms. The predicted molar refractivity (Wildman–Crippen MR) is 93.1 cm³/mol. The highest BCUT2D eigenvalue weighted by Gasteiger charge is 2.23. The predicted octanol–water partition coefficient (Wildman–Crippen LogP) is 3.68. The summed E-state index contributed by atoms with van der Waals surface area (Å²) in [6.45, 7) is 3.93. The van der Waals surface area contributed by atoms with Crippen molar-refractivity contribution in [1.29, 1.82) is 0 Å². The van der Waals surface area contributed by atoms with Gasteiger partial charge in [-0.25, -0.2) is 15.0 Å². The molecule has 2 aromatic rings. The molecule has 0 aliphatic rings. The highest BCUT2D eigenvalue weighted by atomic mass is 16.4. The summed E-state index contributed by atoms with van der Waals surface area (Å²) in [5, 5.41) is 12.4. The number of aromatic nitrogens is 3. The molecule has 6 heteroatoms. The van der Waals surface area contributed by atoms with Gasteiger partial charge >= 0.3 is 5.97 Å². The van der Waals surface area contributed by atoms with Gasteiger partial charge in [0, 0.05) is 5.69 Å². The zero-order valence-electron chi connectivity index (χ0n) is 14.1. The molecule has 0 saturated heterocycles. The van der Waals surface area contributed by atoms with Gasteiger partial charge in [0.15, 0.2) is 0 Å². The molecule has 2 atom stereocenters. The highest BCUT2D eigenvalue weighted by Crippen LogP contribution is 2.24. The monoisotopic (exact) mass is 328 g/mol. The Labute approximate surface area is 142 Å². The van der Waals surface area contributed by atoms with Crippen molar-refractivity contribution < 1.29 is 9.90 Å². The summed E-state index contributed by atoms with van der Waals surface area (Å²) in [4.78, 5) is 23.1. The summed E-state index contributed by atoms with van der Waals surface area (Å²) in [6.07, 6.45) is 6.73. The number of hydrogen-bond acceptors (Lipinski definition) is 5. The van der Waals surface area contributed by atoms with E-state index < -0.39 is 5.97 Å². The molecule has 0 fully saturated rings. The highest BCUT2D eigenvalue weighted by molar-refractivity contribution is 5.69. The lowest BCUT2D eigenvalue weighted by molar-refractivity contribution is -0.143. The van der Waals surface area contributed by atoms with Crippen molar-refractivity contribution >= 4 is 17.6 Å². The average Bonchev–Trinajstić information content (AvgIpc) is 2.60. The number of nitrogens with zero attached hydrogens (tertiary/aromatic N) is 3. The van der Waals surface area contributed by atoms with Gasteiger partial charge in [-0.2, -0.15) is 0 Å². The van der Waals surface area contributed by atoms with Gasteiger partial charge in [-0.3, -0.25) is 4.79 Å². The minimum absolute atomic E-state index is 0.157. The normalized spacial score (nSPS) is 13.2. The molecular formula is C18H24N4O2. The summed E-state index contributed by atoms with van der Waals surface area (Å²) in [5.74, 6) is -0.397. The van der Waals surface area contributed by atoms with Crippen LogP contribution in [0.15, 0.2) is 36.9 Å². The molecule has 1 aromatic carbocycles. The molecule has 0 aliphatic heterocycles. The van der Waals surface area contributed by atoms with Crippen LogP contribution in [-0.2, 0) is 11.2 Å². The topological polar surface area (TPSA) is 88.0 Å². The van der Waals surface area contributed by atoms with Crippen LogP contribution in [0, 0.1) is 11.8 Å². The number of hydrogen-bond donors (Lipinski definition) is 2.